The van der Waals surface area contributed by atoms with Crippen molar-refractivity contribution in [1.29, 1.82) is 0 Å². The highest BCUT2D eigenvalue weighted by Gasteiger charge is 2.18. The van der Waals surface area contributed by atoms with Gasteiger partial charge in [-0.2, -0.15) is 5.10 Å². The van der Waals surface area contributed by atoms with Crippen LogP contribution in [0.3, 0.4) is 0 Å². The molecule has 0 bridgehead atoms. The summed E-state index contributed by atoms with van der Waals surface area (Å²) in [5, 5.41) is 10.4. The molecule has 1 atom stereocenters. The van der Waals surface area contributed by atoms with E-state index < -0.39 is 0 Å². The van der Waals surface area contributed by atoms with Crippen molar-refractivity contribution in [3.8, 4) is 0 Å². The second kappa shape index (κ2) is 8.26. The number of amides is 1. The van der Waals surface area contributed by atoms with Crippen molar-refractivity contribution < 1.29 is 9.18 Å². The lowest BCUT2D eigenvalue weighted by molar-refractivity contribution is 0.102. The van der Waals surface area contributed by atoms with Crippen molar-refractivity contribution in [3.63, 3.8) is 0 Å². The molecule has 1 aromatic heterocycles. The fourth-order valence-electron chi connectivity index (χ4n) is 2.83. The zero-order chi connectivity index (χ0) is 16.2. The van der Waals surface area contributed by atoms with Crippen LogP contribution in [0.4, 0.5) is 10.1 Å². The predicted octanol–water partition coefficient (Wildman–Crippen LogP) is 3.18. The lowest BCUT2D eigenvalue weighted by Gasteiger charge is -2.22. The average molecular weight is 353 g/mol. The molecule has 2 N–H and O–H groups in total. The topological polar surface area (TPSA) is 59.0 Å². The van der Waals surface area contributed by atoms with Gasteiger partial charge in [-0.05, 0) is 49.6 Å². The summed E-state index contributed by atoms with van der Waals surface area (Å²) in [5.41, 5.74) is 1.42. The van der Waals surface area contributed by atoms with Gasteiger partial charge in [0.1, 0.15) is 5.82 Å². The number of hydrogen-bond donors (Lipinski definition) is 2. The van der Waals surface area contributed by atoms with E-state index in [1.807, 2.05) is 17.8 Å². The highest BCUT2D eigenvalue weighted by molar-refractivity contribution is 6.02. The summed E-state index contributed by atoms with van der Waals surface area (Å²) in [6.07, 6.45) is 4.61. The molecular formula is C17H22ClFN4O. The summed E-state index contributed by atoms with van der Waals surface area (Å²) in [7, 11) is 0. The minimum Gasteiger partial charge on any atom is -0.320 e. The van der Waals surface area contributed by atoms with E-state index in [1.54, 1.807) is 18.2 Å². The van der Waals surface area contributed by atoms with Gasteiger partial charge in [-0.1, -0.05) is 13.0 Å². The summed E-state index contributed by atoms with van der Waals surface area (Å²) in [5.74, 6) is -0.625. The van der Waals surface area contributed by atoms with Crippen LogP contribution in [0, 0.1) is 5.82 Å². The summed E-state index contributed by atoms with van der Waals surface area (Å²) >= 11 is 0. The van der Waals surface area contributed by atoms with E-state index in [2.05, 4.69) is 15.7 Å². The number of halogens is 2. The zero-order valence-corrected chi connectivity index (χ0v) is 14.4. The maximum atomic E-state index is 13.8. The number of benzene rings is 1. The van der Waals surface area contributed by atoms with E-state index in [9.17, 15) is 9.18 Å². The number of piperidine rings is 1. The third-order valence-corrected chi connectivity index (χ3v) is 4.18. The fraction of sp³-hybridized carbons (Fsp3) is 0.412. The number of anilines is 1. The highest BCUT2D eigenvalue weighted by atomic mass is 35.5. The molecule has 1 saturated heterocycles. The molecule has 5 nitrogen and oxygen atoms in total. The monoisotopic (exact) mass is 352 g/mol. The van der Waals surface area contributed by atoms with Gasteiger partial charge in [-0.3, -0.25) is 9.48 Å². The van der Waals surface area contributed by atoms with Crippen LogP contribution in [-0.4, -0.2) is 28.8 Å². The maximum absolute atomic E-state index is 13.8. The Hall–Kier alpha value is -1.92. The summed E-state index contributed by atoms with van der Waals surface area (Å²) in [4.78, 5) is 12.3. The number of aryl methyl sites for hydroxylation is 1. The van der Waals surface area contributed by atoms with E-state index >= 15 is 0 Å². The third kappa shape index (κ3) is 4.13. The van der Waals surface area contributed by atoms with Gasteiger partial charge in [0, 0.05) is 18.4 Å². The highest BCUT2D eigenvalue weighted by Crippen LogP contribution is 2.18. The Morgan fingerprint density at radius 2 is 2.29 bits per heavy atom. The Bertz CT molecular complexity index is 698. The summed E-state index contributed by atoms with van der Waals surface area (Å²) in [6, 6.07) is 6.73. The molecule has 7 heteroatoms. The molecule has 0 spiro atoms. The molecule has 1 unspecified atom stereocenters. The molecule has 1 aromatic carbocycles. The van der Waals surface area contributed by atoms with Crippen LogP contribution >= 0.6 is 12.4 Å². The molecule has 24 heavy (non-hydrogen) atoms. The molecule has 0 saturated carbocycles. The van der Waals surface area contributed by atoms with Crippen LogP contribution in [-0.2, 0) is 6.42 Å². The van der Waals surface area contributed by atoms with Gasteiger partial charge in [0.15, 0.2) is 5.69 Å². The quantitative estimate of drug-likeness (QED) is 0.888. The number of carbonyl (C=O) groups is 1. The van der Waals surface area contributed by atoms with Crippen molar-refractivity contribution in [2.75, 3.05) is 18.4 Å². The number of rotatable bonds is 4. The standard InChI is InChI=1S/C17H21FN4O.ClH/c1-2-12-5-6-13(10-15(12)18)20-17(23)16-7-9-22(21-16)14-4-3-8-19-11-14;/h5-7,9-10,14,19H,2-4,8,11H2,1H3,(H,20,23);1H. The van der Waals surface area contributed by atoms with Crippen LogP contribution in [0.15, 0.2) is 30.5 Å². The van der Waals surface area contributed by atoms with Crippen molar-refractivity contribution in [3.05, 3.63) is 47.5 Å². The van der Waals surface area contributed by atoms with E-state index in [1.165, 1.54) is 6.07 Å². The van der Waals surface area contributed by atoms with Gasteiger partial charge in [-0.25, -0.2) is 4.39 Å². The largest absolute Gasteiger partial charge is 0.320 e. The second-order valence-corrected chi connectivity index (χ2v) is 5.80. The van der Waals surface area contributed by atoms with Gasteiger partial charge in [-0.15, -0.1) is 12.4 Å². The van der Waals surface area contributed by atoms with E-state index in [0.29, 0.717) is 23.4 Å². The van der Waals surface area contributed by atoms with Crippen molar-refractivity contribution in [2.24, 2.45) is 0 Å². The van der Waals surface area contributed by atoms with Gasteiger partial charge in [0.05, 0.1) is 6.04 Å². The normalized spacial score (nSPS) is 17.2. The Morgan fingerprint density at radius 3 is 2.96 bits per heavy atom. The number of aromatic nitrogens is 2. The molecule has 0 radical (unpaired) electrons. The maximum Gasteiger partial charge on any atom is 0.276 e. The predicted molar refractivity (Wildman–Crippen MR) is 94.3 cm³/mol. The Balaban J connectivity index is 0.00000208. The van der Waals surface area contributed by atoms with E-state index in [0.717, 1.165) is 25.9 Å². The first-order valence-electron chi connectivity index (χ1n) is 8.03. The Kier molecular flexibility index (Phi) is 6.34. The van der Waals surface area contributed by atoms with Crippen LogP contribution < -0.4 is 10.6 Å². The smallest absolute Gasteiger partial charge is 0.276 e. The molecule has 2 aromatic rings. The summed E-state index contributed by atoms with van der Waals surface area (Å²) in [6.45, 7) is 3.79. The molecule has 1 aliphatic rings. The SMILES string of the molecule is CCc1ccc(NC(=O)c2ccn(C3CCCNC3)n2)cc1F.Cl. The molecular weight excluding hydrogens is 331 g/mol. The third-order valence-electron chi connectivity index (χ3n) is 4.18. The van der Waals surface area contributed by atoms with E-state index in [-0.39, 0.29) is 30.2 Å². The molecule has 1 fully saturated rings. The molecule has 1 aliphatic heterocycles. The van der Waals surface area contributed by atoms with Crippen LogP contribution in [0.25, 0.3) is 0 Å². The molecule has 3 rings (SSSR count). The molecule has 1 amide bonds. The fourth-order valence-corrected chi connectivity index (χ4v) is 2.83. The number of nitrogens with one attached hydrogen (secondary N) is 2. The minimum absolute atomic E-state index is 0. The second-order valence-electron chi connectivity index (χ2n) is 5.80. The van der Waals surface area contributed by atoms with Crippen LogP contribution in [0.5, 0.6) is 0 Å². The molecule has 2 heterocycles. The molecule has 130 valence electrons. The van der Waals surface area contributed by atoms with Gasteiger partial charge in [0.25, 0.3) is 5.91 Å². The van der Waals surface area contributed by atoms with Gasteiger partial charge < -0.3 is 10.6 Å². The number of nitrogens with zero attached hydrogens (tertiary/aromatic N) is 2. The lowest BCUT2D eigenvalue weighted by Crippen LogP contribution is -2.32. The first kappa shape index (κ1) is 18.4. The first-order chi connectivity index (χ1) is 11.2. The number of carbonyl (C=O) groups excluding carboxylic acids is 1. The van der Waals surface area contributed by atoms with Crippen LogP contribution in [0.2, 0.25) is 0 Å². The van der Waals surface area contributed by atoms with Crippen molar-refractivity contribution in [2.45, 2.75) is 32.2 Å². The van der Waals surface area contributed by atoms with Crippen molar-refractivity contribution in [1.82, 2.24) is 15.1 Å². The average Bonchev–Trinajstić information content (AvgIpc) is 3.06. The van der Waals surface area contributed by atoms with Gasteiger partial charge in [0.2, 0.25) is 0 Å². The van der Waals surface area contributed by atoms with E-state index in [4.69, 9.17) is 0 Å². The number of hydrogen-bond acceptors (Lipinski definition) is 3. The Labute approximate surface area is 147 Å². The lowest BCUT2D eigenvalue weighted by atomic mass is 10.1. The Morgan fingerprint density at radius 1 is 1.46 bits per heavy atom. The summed E-state index contributed by atoms with van der Waals surface area (Å²) < 4.78 is 15.6. The first-order valence-corrected chi connectivity index (χ1v) is 8.03. The van der Waals surface area contributed by atoms with Gasteiger partial charge >= 0.3 is 0 Å². The van der Waals surface area contributed by atoms with Crippen molar-refractivity contribution >= 4 is 24.0 Å². The van der Waals surface area contributed by atoms with Crippen LogP contribution in [0.1, 0.15) is 41.9 Å². The zero-order valence-electron chi connectivity index (χ0n) is 13.6. The molecule has 0 aliphatic carbocycles. The minimum atomic E-state index is -0.323.